The number of nitrogen functional groups attached to an aromatic ring is 1. The smallest absolute Gasteiger partial charge is 0.274 e. The van der Waals surface area contributed by atoms with Gasteiger partial charge in [0.2, 0.25) is 0 Å². The number of aromatic nitrogens is 2. The van der Waals surface area contributed by atoms with Crippen molar-refractivity contribution >= 4 is 23.0 Å². The van der Waals surface area contributed by atoms with Gasteiger partial charge in [0.25, 0.3) is 5.91 Å². The van der Waals surface area contributed by atoms with Gasteiger partial charge >= 0.3 is 0 Å². The minimum Gasteiger partial charge on any atom is -0.398 e. The third-order valence-electron chi connectivity index (χ3n) is 7.70. The molecule has 1 aromatic carbocycles. The molecule has 0 aliphatic carbocycles. The molecule has 2 aliphatic heterocycles. The molecule has 2 fully saturated rings. The molecule has 0 spiro atoms. The largest absolute Gasteiger partial charge is 0.398 e. The Kier molecular flexibility index (Phi) is 8.96. The molecule has 5 rings (SSSR count). The fourth-order valence-electron chi connectivity index (χ4n) is 5.49. The van der Waals surface area contributed by atoms with E-state index in [1.54, 1.807) is 12.3 Å². The summed E-state index contributed by atoms with van der Waals surface area (Å²) in [5.74, 6) is -0.516. The number of hydrogen-bond donors (Lipinski definition) is 3. The first kappa shape index (κ1) is 27.0. The van der Waals surface area contributed by atoms with Crippen LogP contribution in [0.3, 0.4) is 0 Å². The summed E-state index contributed by atoms with van der Waals surface area (Å²) in [6, 6.07) is 11.4. The zero-order valence-corrected chi connectivity index (χ0v) is 22.7. The lowest BCUT2D eigenvalue weighted by Crippen LogP contribution is -2.29. The lowest BCUT2D eigenvalue weighted by atomic mass is 9.99. The molecule has 2 aromatic heterocycles. The second kappa shape index (κ2) is 13.0. The Balaban J connectivity index is 1.24. The summed E-state index contributed by atoms with van der Waals surface area (Å²) >= 11 is 0. The van der Waals surface area contributed by atoms with Crippen LogP contribution >= 0.6 is 0 Å². The monoisotopic (exact) mass is 525 g/mol. The van der Waals surface area contributed by atoms with Crippen LogP contribution in [0.25, 0.3) is 11.1 Å². The van der Waals surface area contributed by atoms with Gasteiger partial charge < -0.3 is 11.1 Å². The van der Waals surface area contributed by atoms with Crippen molar-refractivity contribution in [1.29, 1.82) is 5.41 Å². The zero-order valence-electron chi connectivity index (χ0n) is 22.7. The molecule has 0 atom stereocenters. The molecule has 204 valence electrons. The Morgan fingerprint density at radius 3 is 2.21 bits per heavy atom. The highest BCUT2D eigenvalue weighted by Gasteiger charge is 2.17. The van der Waals surface area contributed by atoms with Crippen LogP contribution in [0.5, 0.6) is 0 Å². The van der Waals surface area contributed by atoms with Gasteiger partial charge in [-0.3, -0.25) is 30.0 Å². The summed E-state index contributed by atoms with van der Waals surface area (Å²) < 4.78 is 0. The van der Waals surface area contributed by atoms with Crippen molar-refractivity contribution in [3.05, 3.63) is 71.8 Å². The quantitative estimate of drug-likeness (QED) is 0.279. The summed E-state index contributed by atoms with van der Waals surface area (Å²) in [6.07, 6.45) is 14.3. The topological polar surface area (TPSA) is 111 Å². The average Bonchev–Trinajstić information content (AvgIpc) is 3.23. The number of pyridine rings is 2. The molecule has 1 amide bonds. The molecule has 4 heterocycles. The maximum absolute atomic E-state index is 13.0. The number of carbonyl (C=O) groups is 1. The zero-order chi connectivity index (χ0) is 27.0. The van der Waals surface area contributed by atoms with Crippen molar-refractivity contribution in [2.75, 3.05) is 37.2 Å². The normalized spacial score (nSPS) is 16.9. The molecule has 2 saturated heterocycles. The van der Waals surface area contributed by atoms with Gasteiger partial charge in [0.1, 0.15) is 5.71 Å². The van der Waals surface area contributed by atoms with Crippen molar-refractivity contribution in [2.45, 2.75) is 58.0 Å². The number of likely N-dealkylation sites (tertiary alicyclic amines) is 2. The summed E-state index contributed by atoms with van der Waals surface area (Å²) in [5.41, 5.74) is 11.4. The van der Waals surface area contributed by atoms with Crippen LogP contribution in [0.15, 0.2) is 55.0 Å². The number of amides is 1. The number of nitrogens with two attached hydrogens (primary N) is 1. The number of piperidine rings is 1. The number of nitrogens with one attached hydrogen (secondary N) is 2. The van der Waals surface area contributed by atoms with Gasteiger partial charge in [-0.2, -0.15) is 0 Å². The van der Waals surface area contributed by atoms with E-state index >= 15 is 0 Å². The SMILES string of the molecule is N=C(C(=O)Nc1ccc(CN2CCCCC2)nc1)c1cc(-c2cncc(CN3CCCCCC3)c2)ccc1N. The van der Waals surface area contributed by atoms with Crippen molar-refractivity contribution < 1.29 is 4.79 Å². The molecule has 3 aromatic rings. The highest BCUT2D eigenvalue weighted by Crippen LogP contribution is 2.26. The summed E-state index contributed by atoms with van der Waals surface area (Å²) in [6.45, 7) is 6.17. The van der Waals surface area contributed by atoms with E-state index in [1.165, 1.54) is 44.9 Å². The Morgan fingerprint density at radius 2 is 1.51 bits per heavy atom. The number of rotatable bonds is 8. The van der Waals surface area contributed by atoms with Gasteiger partial charge in [-0.05, 0) is 93.3 Å². The molecular weight excluding hydrogens is 486 g/mol. The highest BCUT2D eigenvalue weighted by atomic mass is 16.1. The average molecular weight is 526 g/mol. The minimum absolute atomic E-state index is 0.180. The van der Waals surface area contributed by atoms with Gasteiger partial charge in [-0.1, -0.05) is 25.3 Å². The van der Waals surface area contributed by atoms with Gasteiger partial charge in [0.15, 0.2) is 0 Å². The van der Waals surface area contributed by atoms with Crippen LogP contribution < -0.4 is 11.1 Å². The van der Waals surface area contributed by atoms with E-state index in [4.69, 9.17) is 11.1 Å². The van der Waals surface area contributed by atoms with E-state index in [0.29, 0.717) is 16.9 Å². The second-order valence-electron chi connectivity index (χ2n) is 10.8. The number of anilines is 2. The van der Waals surface area contributed by atoms with Crippen LogP contribution in [-0.4, -0.2) is 57.6 Å². The molecule has 0 saturated carbocycles. The predicted octanol–water partition coefficient (Wildman–Crippen LogP) is 5.09. The molecule has 4 N–H and O–H groups in total. The van der Waals surface area contributed by atoms with Crippen LogP contribution in [0.1, 0.15) is 61.8 Å². The van der Waals surface area contributed by atoms with E-state index in [2.05, 4.69) is 31.2 Å². The maximum atomic E-state index is 13.0. The Bertz CT molecular complexity index is 1280. The lowest BCUT2D eigenvalue weighted by Gasteiger charge is -2.25. The van der Waals surface area contributed by atoms with Gasteiger partial charge in [-0.25, -0.2) is 0 Å². The third kappa shape index (κ3) is 7.28. The summed E-state index contributed by atoms with van der Waals surface area (Å²) in [4.78, 5) is 26.9. The summed E-state index contributed by atoms with van der Waals surface area (Å²) in [5, 5.41) is 11.4. The Morgan fingerprint density at radius 1 is 0.821 bits per heavy atom. The van der Waals surface area contributed by atoms with Gasteiger partial charge in [0, 0.05) is 42.3 Å². The Labute approximate surface area is 231 Å². The third-order valence-corrected chi connectivity index (χ3v) is 7.70. The van der Waals surface area contributed by atoms with E-state index in [-0.39, 0.29) is 5.71 Å². The molecule has 0 bridgehead atoms. The second-order valence-corrected chi connectivity index (χ2v) is 10.8. The predicted molar refractivity (Wildman–Crippen MR) is 157 cm³/mol. The minimum atomic E-state index is -0.516. The van der Waals surface area contributed by atoms with E-state index in [0.717, 1.165) is 61.7 Å². The molecule has 2 aliphatic rings. The lowest BCUT2D eigenvalue weighted by molar-refractivity contribution is -0.110. The van der Waals surface area contributed by atoms with Crippen LogP contribution in [0.4, 0.5) is 11.4 Å². The summed E-state index contributed by atoms with van der Waals surface area (Å²) in [7, 11) is 0. The number of hydrogen-bond acceptors (Lipinski definition) is 7. The van der Waals surface area contributed by atoms with Gasteiger partial charge in [-0.15, -0.1) is 0 Å². The van der Waals surface area contributed by atoms with Crippen LogP contribution in [0.2, 0.25) is 0 Å². The van der Waals surface area contributed by atoms with Crippen molar-refractivity contribution in [1.82, 2.24) is 19.8 Å². The molecular formula is C31H39N7O. The van der Waals surface area contributed by atoms with E-state index in [9.17, 15) is 4.79 Å². The molecule has 8 nitrogen and oxygen atoms in total. The maximum Gasteiger partial charge on any atom is 0.274 e. The molecule has 0 radical (unpaired) electrons. The number of nitrogens with zero attached hydrogens (tertiary/aromatic N) is 4. The van der Waals surface area contributed by atoms with Crippen molar-refractivity contribution in [2.24, 2.45) is 0 Å². The van der Waals surface area contributed by atoms with Crippen LogP contribution in [0, 0.1) is 5.41 Å². The number of benzene rings is 1. The van der Waals surface area contributed by atoms with Crippen molar-refractivity contribution in [3.8, 4) is 11.1 Å². The van der Waals surface area contributed by atoms with E-state index in [1.807, 2.05) is 36.7 Å². The van der Waals surface area contributed by atoms with Crippen molar-refractivity contribution in [3.63, 3.8) is 0 Å². The number of carbonyl (C=O) groups excluding carboxylic acids is 1. The fraction of sp³-hybridized carbons (Fsp3) is 0.419. The first-order valence-corrected chi connectivity index (χ1v) is 14.2. The first-order valence-electron chi connectivity index (χ1n) is 14.2. The molecule has 8 heteroatoms. The van der Waals surface area contributed by atoms with E-state index < -0.39 is 5.91 Å². The fourth-order valence-corrected chi connectivity index (χ4v) is 5.49. The first-order chi connectivity index (χ1) is 19.0. The molecule has 0 unspecified atom stereocenters. The standard InChI is InChI=1S/C31H39N7O/c32-29-11-8-24(25-16-23(18-34-19-25)21-37-12-4-1-2-5-13-37)17-28(29)30(33)31(39)36-26-9-10-27(35-20-26)22-38-14-6-3-7-15-38/h8-11,16-20,33H,1-7,12-15,21-22,32H2,(H,36,39). The van der Waals surface area contributed by atoms with Gasteiger partial charge in [0.05, 0.1) is 17.6 Å². The Hall–Kier alpha value is -3.62. The van der Waals surface area contributed by atoms with Crippen LogP contribution in [-0.2, 0) is 17.9 Å². The highest BCUT2D eigenvalue weighted by molar-refractivity contribution is 6.48. The molecule has 39 heavy (non-hydrogen) atoms.